The average molecular weight is 282 g/mol. The van der Waals surface area contributed by atoms with E-state index in [2.05, 4.69) is 23.6 Å². The van der Waals surface area contributed by atoms with Crippen molar-refractivity contribution in [1.29, 1.82) is 0 Å². The molecule has 116 valence electrons. The number of hydrogen-bond acceptors (Lipinski definition) is 3. The third-order valence-electron chi connectivity index (χ3n) is 4.91. The molecular formula is C16H30N2O2. The number of rotatable bonds is 5. The van der Waals surface area contributed by atoms with E-state index in [-0.39, 0.29) is 12.0 Å². The van der Waals surface area contributed by atoms with Gasteiger partial charge in [0.05, 0.1) is 12.6 Å². The van der Waals surface area contributed by atoms with E-state index >= 15 is 0 Å². The summed E-state index contributed by atoms with van der Waals surface area (Å²) in [5.41, 5.74) is 0. The van der Waals surface area contributed by atoms with Gasteiger partial charge in [0.1, 0.15) is 0 Å². The molecule has 1 saturated heterocycles. The highest BCUT2D eigenvalue weighted by atomic mass is 16.3. The summed E-state index contributed by atoms with van der Waals surface area (Å²) in [7, 11) is 0. The summed E-state index contributed by atoms with van der Waals surface area (Å²) in [6.45, 7) is 8.43. The molecule has 0 aromatic carbocycles. The van der Waals surface area contributed by atoms with Crippen LogP contribution in [0.2, 0.25) is 0 Å². The maximum Gasteiger partial charge on any atom is 0.237 e. The van der Waals surface area contributed by atoms with E-state index in [1.807, 2.05) is 6.92 Å². The van der Waals surface area contributed by atoms with E-state index in [0.717, 1.165) is 19.5 Å². The molecule has 1 amide bonds. The van der Waals surface area contributed by atoms with Crippen molar-refractivity contribution < 1.29 is 9.90 Å². The Balaban J connectivity index is 1.89. The van der Waals surface area contributed by atoms with E-state index < -0.39 is 0 Å². The van der Waals surface area contributed by atoms with Gasteiger partial charge in [0, 0.05) is 18.6 Å². The summed E-state index contributed by atoms with van der Waals surface area (Å²) in [4.78, 5) is 17.0. The summed E-state index contributed by atoms with van der Waals surface area (Å²) in [6.07, 6.45) is 5.60. The molecule has 0 bridgehead atoms. The van der Waals surface area contributed by atoms with Crippen LogP contribution in [-0.4, -0.2) is 58.6 Å². The number of hydrogen-bond donors (Lipinski definition) is 1. The molecule has 2 atom stereocenters. The average Bonchev–Trinajstić information content (AvgIpc) is 2.99. The van der Waals surface area contributed by atoms with Crippen LogP contribution in [0.4, 0.5) is 0 Å². The highest BCUT2D eigenvalue weighted by Gasteiger charge is 2.32. The van der Waals surface area contributed by atoms with Crippen LogP contribution in [-0.2, 0) is 4.79 Å². The van der Waals surface area contributed by atoms with Crippen LogP contribution in [0, 0.1) is 5.92 Å². The first-order chi connectivity index (χ1) is 9.49. The number of amides is 1. The third kappa shape index (κ3) is 3.73. The smallest absolute Gasteiger partial charge is 0.237 e. The van der Waals surface area contributed by atoms with Crippen LogP contribution in [0.15, 0.2) is 0 Å². The van der Waals surface area contributed by atoms with Crippen LogP contribution >= 0.6 is 0 Å². The van der Waals surface area contributed by atoms with Gasteiger partial charge in [-0.25, -0.2) is 0 Å². The Kier molecular flexibility index (Phi) is 5.44. The van der Waals surface area contributed by atoms with Crippen molar-refractivity contribution in [1.82, 2.24) is 9.80 Å². The molecule has 1 N–H and O–H groups in total. The Bertz CT molecular complexity index is 324. The zero-order valence-corrected chi connectivity index (χ0v) is 13.2. The second-order valence-electron chi connectivity index (χ2n) is 6.86. The van der Waals surface area contributed by atoms with Crippen molar-refractivity contribution in [2.45, 2.75) is 71.1 Å². The van der Waals surface area contributed by atoms with Gasteiger partial charge in [0.2, 0.25) is 5.91 Å². The molecule has 0 spiro atoms. The van der Waals surface area contributed by atoms with Crippen LogP contribution in [0.3, 0.4) is 0 Å². The fourth-order valence-electron chi connectivity index (χ4n) is 3.77. The Labute approximate surface area is 123 Å². The first-order valence-corrected chi connectivity index (χ1v) is 8.20. The van der Waals surface area contributed by atoms with Gasteiger partial charge < -0.3 is 10.0 Å². The summed E-state index contributed by atoms with van der Waals surface area (Å²) in [5, 5.41) is 9.65. The zero-order chi connectivity index (χ0) is 14.7. The summed E-state index contributed by atoms with van der Waals surface area (Å²) in [6, 6.07) is 0.749. The number of likely N-dealkylation sites (tertiary alicyclic amines) is 1. The van der Waals surface area contributed by atoms with Crippen molar-refractivity contribution in [2.24, 2.45) is 5.92 Å². The van der Waals surface area contributed by atoms with Gasteiger partial charge in [-0.1, -0.05) is 12.8 Å². The van der Waals surface area contributed by atoms with Crippen molar-refractivity contribution in [3.05, 3.63) is 0 Å². The highest BCUT2D eigenvalue weighted by Crippen LogP contribution is 2.26. The molecule has 1 heterocycles. The topological polar surface area (TPSA) is 43.8 Å². The maximum atomic E-state index is 12.6. The molecule has 0 aromatic heterocycles. The fraction of sp³-hybridized carbons (Fsp3) is 0.938. The molecule has 4 heteroatoms. The van der Waals surface area contributed by atoms with Crippen molar-refractivity contribution >= 4 is 5.91 Å². The largest absolute Gasteiger partial charge is 0.393 e. The van der Waals surface area contributed by atoms with Crippen LogP contribution in [0.5, 0.6) is 0 Å². The molecule has 4 nitrogen and oxygen atoms in total. The van der Waals surface area contributed by atoms with E-state index in [4.69, 9.17) is 0 Å². The molecule has 1 aliphatic heterocycles. The normalized spacial score (nSPS) is 26.4. The minimum atomic E-state index is -0.258. The minimum absolute atomic E-state index is 0.258. The van der Waals surface area contributed by atoms with Gasteiger partial charge in [-0.15, -0.1) is 0 Å². The number of aliphatic hydroxyl groups excluding tert-OH is 1. The Hall–Kier alpha value is -0.610. The summed E-state index contributed by atoms with van der Waals surface area (Å²) >= 11 is 0. The molecule has 20 heavy (non-hydrogen) atoms. The zero-order valence-electron chi connectivity index (χ0n) is 13.2. The number of aliphatic hydroxyl groups is 1. The lowest BCUT2D eigenvalue weighted by atomic mass is 10.0. The van der Waals surface area contributed by atoms with Crippen molar-refractivity contribution in [3.63, 3.8) is 0 Å². The Morgan fingerprint density at radius 3 is 2.40 bits per heavy atom. The Morgan fingerprint density at radius 2 is 1.90 bits per heavy atom. The Morgan fingerprint density at radius 1 is 1.25 bits per heavy atom. The van der Waals surface area contributed by atoms with E-state index in [1.165, 1.54) is 25.7 Å². The predicted octanol–water partition coefficient (Wildman–Crippen LogP) is 1.87. The summed E-state index contributed by atoms with van der Waals surface area (Å²) < 4.78 is 0. The molecule has 2 rings (SSSR count). The second-order valence-corrected chi connectivity index (χ2v) is 6.86. The lowest BCUT2D eigenvalue weighted by molar-refractivity contribution is -0.136. The van der Waals surface area contributed by atoms with Crippen LogP contribution < -0.4 is 0 Å². The lowest BCUT2D eigenvalue weighted by Gasteiger charge is -2.34. The SMILES string of the molecule is CC(O)C1CCN(CC(=O)N(C(C)C)C2CCCC2)C1. The van der Waals surface area contributed by atoms with E-state index in [0.29, 0.717) is 24.5 Å². The van der Waals surface area contributed by atoms with Gasteiger partial charge in [-0.3, -0.25) is 9.69 Å². The third-order valence-corrected chi connectivity index (χ3v) is 4.91. The number of nitrogens with zero attached hydrogens (tertiary/aromatic N) is 2. The molecule has 1 aliphatic carbocycles. The molecule has 2 aliphatic rings. The molecule has 2 fully saturated rings. The van der Waals surface area contributed by atoms with E-state index in [9.17, 15) is 9.90 Å². The second kappa shape index (κ2) is 6.90. The lowest BCUT2D eigenvalue weighted by Crippen LogP contribution is -2.48. The maximum absolute atomic E-state index is 12.6. The fourth-order valence-corrected chi connectivity index (χ4v) is 3.77. The van der Waals surface area contributed by atoms with Gasteiger partial charge >= 0.3 is 0 Å². The monoisotopic (exact) mass is 282 g/mol. The first-order valence-electron chi connectivity index (χ1n) is 8.20. The van der Waals surface area contributed by atoms with Gasteiger partial charge in [0.25, 0.3) is 0 Å². The molecule has 0 radical (unpaired) electrons. The van der Waals surface area contributed by atoms with Gasteiger partial charge in [0.15, 0.2) is 0 Å². The minimum Gasteiger partial charge on any atom is -0.393 e. The number of carbonyl (C=O) groups is 1. The standard InChI is InChI=1S/C16H30N2O2/c1-12(2)18(15-6-4-5-7-15)16(20)11-17-9-8-14(10-17)13(3)19/h12-15,19H,4-11H2,1-3H3. The molecule has 0 aromatic rings. The van der Waals surface area contributed by atoms with Gasteiger partial charge in [-0.2, -0.15) is 0 Å². The van der Waals surface area contributed by atoms with Crippen LogP contribution in [0.1, 0.15) is 52.9 Å². The molecule has 2 unspecified atom stereocenters. The summed E-state index contributed by atoms with van der Waals surface area (Å²) in [5.74, 6) is 0.611. The molecular weight excluding hydrogens is 252 g/mol. The molecule has 1 saturated carbocycles. The van der Waals surface area contributed by atoms with Crippen molar-refractivity contribution in [2.75, 3.05) is 19.6 Å². The highest BCUT2D eigenvalue weighted by molar-refractivity contribution is 5.79. The quantitative estimate of drug-likeness (QED) is 0.837. The number of carbonyl (C=O) groups excluding carboxylic acids is 1. The van der Waals surface area contributed by atoms with Crippen molar-refractivity contribution in [3.8, 4) is 0 Å². The first kappa shape index (κ1) is 15.8. The van der Waals surface area contributed by atoms with Gasteiger partial charge in [-0.05, 0) is 52.5 Å². The van der Waals surface area contributed by atoms with Crippen LogP contribution in [0.25, 0.3) is 0 Å². The van der Waals surface area contributed by atoms with E-state index in [1.54, 1.807) is 0 Å². The predicted molar refractivity (Wildman–Crippen MR) is 80.5 cm³/mol.